The maximum Gasteiger partial charge on any atom is 0.286 e. The van der Waals surface area contributed by atoms with Crippen molar-refractivity contribution in [3.05, 3.63) is 94.4 Å². The maximum absolute atomic E-state index is 12.7. The predicted octanol–water partition coefficient (Wildman–Crippen LogP) is 5.23. The average Bonchev–Trinajstić information content (AvgIpc) is 3.49. The van der Waals surface area contributed by atoms with Crippen LogP contribution in [0.5, 0.6) is 17.2 Å². The van der Waals surface area contributed by atoms with Crippen LogP contribution in [0.15, 0.2) is 87.8 Å². The van der Waals surface area contributed by atoms with E-state index in [0.29, 0.717) is 22.1 Å². The molecule has 3 aromatic rings. The molecule has 0 fully saturated rings. The van der Waals surface area contributed by atoms with Crippen molar-refractivity contribution < 1.29 is 19.4 Å². The maximum atomic E-state index is 12.7. The molecule has 0 aromatic heterocycles. The summed E-state index contributed by atoms with van der Waals surface area (Å²) in [5, 5.41) is 17.3. The van der Waals surface area contributed by atoms with E-state index in [4.69, 9.17) is 14.6 Å². The Labute approximate surface area is 207 Å². The van der Waals surface area contributed by atoms with Crippen LogP contribution in [0.3, 0.4) is 0 Å². The molecule has 1 atom stereocenters. The Kier molecular flexibility index (Phi) is 6.29. The number of para-hydroxylation sites is 1. The van der Waals surface area contributed by atoms with Crippen LogP contribution < -0.4 is 9.47 Å². The summed E-state index contributed by atoms with van der Waals surface area (Å²) in [6.45, 7) is 0. The number of amidine groups is 1. The second kappa shape index (κ2) is 9.68. The zero-order valence-electron chi connectivity index (χ0n) is 19.2. The first kappa shape index (κ1) is 22.7. The van der Waals surface area contributed by atoms with E-state index in [1.807, 2.05) is 59.6 Å². The normalized spacial score (nSPS) is 18.6. The van der Waals surface area contributed by atoms with Gasteiger partial charge in [0.25, 0.3) is 5.91 Å². The SMILES string of the molecule is COc1ccc(C2=NN(C3=NC(=O)/C(=C/c4ccccc4O)S3)C(c3ccc(OC)cc3)C2)cc1. The van der Waals surface area contributed by atoms with Crippen LogP contribution in [0.4, 0.5) is 0 Å². The number of ether oxygens (including phenoxy) is 2. The van der Waals surface area contributed by atoms with Crippen LogP contribution in [0.25, 0.3) is 6.08 Å². The van der Waals surface area contributed by atoms with Crippen molar-refractivity contribution in [1.29, 1.82) is 0 Å². The van der Waals surface area contributed by atoms with Crippen molar-refractivity contribution in [3.63, 3.8) is 0 Å². The molecule has 0 radical (unpaired) electrons. The van der Waals surface area contributed by atoms with Crippen LogP contribution in [0.1, 0.15) is 29.2 Å². The zero-order valence-corrected chi connectivity index (χ0v) is 20.0. The van der Waals surface area contributed by atoms with Crippen molar-refractivity contribution in [1.82, 2.24) is 5.01 Å². The minimum atomic E-state index is -0.352. The van der Waals surface area contributed by atoms with Crippen LogP contribution in [-0.4, -0.2) is 41.1 Å². The molecule has 8 heteroatoms. The van der Waals surface area contributed by atoms with Crippen molar-refractivity contribution >= 4 is 34.6 Å². The number of phenols is 1. The van der Waals surface area contributed by atoms with Crippen molar-refractivity contribution in [2.45, 2.75) is 12.5 Å². The minimum absolute atomic E-state index is 0.110. The molecule has 0 bridgehead atoms. The second-order valence-corrected chi connectivity index (χ2v) is 8.99. The van der Waals surface area contributed by atoms with E-state index in [2.05, 4.69) is 4.99 Å². The first-order valence-electron chi connectivity index (χ1n) is 11.0. The van der Waals surface area contributed by atoms with Gasteiger partial charge >= 0.3 is 0 Å². The van der Waals surface area contributed by atoms with Crippen molar-refractivity contribution in [2.75, 3.05) is 14.2 Å². The molecule has 0 saturated heterocycles. The number of phenolic OH excluding ortho intramolecular Hbond substituents is 1. The highest BCUT2D eigenvalue weighted by Gasteiger charge is 2.36. The molecule has 2 aliphatic heterocycles. The quantitative estimate of drug-likeness (QED) is 0.498. The summed E-state index contributed by atoms with van der Waals surface area (Å²) in [4.78, 5) is 17.5. The van der Waals surface area contributed by atoms with E-state index in [0.717, 1.165) is 28.3 Å². The van der Waals surface area contributed by atoms with Gasteiger partial charge in [-0.1, -0.05) is 30.3 Å². The highest BCUT2D eigenvalue weighted by Crippen LogP contribution is 2.40. The summed E-state index contributed by atoms with van der Waals surface area (Å²) >= 11 is 1.25. The number of aromatic hydroxyl groups is 1. The summed E-state index contributed by atoms with van der Waals surface area (Å²) in [5.74, 6) is 1.30. The Bertz CT molecular complexity index is 1350. The van der Waals surface area contributed by atoms with Gasteiger partial charge in [-0.2, -0.15) is 10.1 Å². The second-order valence-electron chi connectivity index (χ2n) is 7.98. The molecule has 5 rings (SSSR count). The molecule has 35 heavy (non-hydrogen) atoms. The number of rotatable bonds is 5. The van der Waals surface area contributed by atoms with Gasteiger partial charge in [0.2, 0.25) is 0 Å². The van der Waals surface area contributed by atoms with E-state index in [9.17, 15) is 9.90 Å². The molecule has 2 heterocycles. The number of hydrazone groups is 1. The van der Waals surface area contributed by atoms with E-state index in [1.54, 1.807) is 38.5 Å². The van der Waals surface area contributed by atoms with Gasteiger partial charge in [-0.15, -0.1) is 0 Å². The van der Waals surface area contributed by atoms with Gasteiger partial charge in [0.15, 0.2) is 5.17 Å². The number of carbonyl (C=O) groups excluding carboxylic acids is 1. The Balaban J connectivity index is 1.48. The highest BCUT2D eigenvalue weighted by molar-refractivity contribution is 8.18. The fourth-order valence-corrected chi connectivity index (χ4v) is 4.88. The van der Waals surface area contributed by atoms with Gasteiger partial charge in [-0.25, -0.2) is 5.01 Å². The summed E-state index contributed by atoms with van der Waals surface area (Å²) in [5.41, 5.74) is 3.47. The fourth-order valence-electron chi connectivity index (χ4n) is 3.98. The van der Waals surface area contributed by atoms with Gasteiger partial charge in [-0.3, -0.25) is 4.79 Å². The molecule has 176 valence electrons. The van der Waals surface area contributed by atoms with Crippen molar-refractivity contribution in [2.24, 2.45) is 10.1 Å². The molecule has 1 unspecified atom stereocenters. The van der Waals surface area contributed by atoms with Crippen LogP contribution in [0.2, 0.25) is 0 Å². The first-order valence-corrected chi connectivity index (χ1v) is 11.8. The standard InChI is InChI=1S/C27H23N3O4S/c1-33-20-11-7-17(8-12-20)22-16-23(18-9-13-21(34-2)14-10-18)30(29-22)27-28-26(32)25(35-27)15-19-5-3-4-6-24(19)31/h3-15,23,31H,16H2,1-2H3/b25-15-. The lowest BCUT2D eigenvalue weighted by atomic mass is 9.98. The Hall–Kier alpha value is -4.04. The zero-order chi connectivity index (χ0) is 24.4. The van der Waals surface area contributed by atoms with Gasteiger partial charge < -0.3 is 14.6 Å². The number of methoxy groups -OCH3 is 2. The van der Waals surface area contributed by atoms with Crippen LogP contribution in [-0.2, 0) is 4.79 Å². The molecule has 1 N–H and O–H groups in total. The fraction of sp³-hybridized carbons (Fsp3) is 0.148. The van der Waals surface area contributed by atoms with Crippen LogP contribution >= 0.6 is 11.8 Å². The van der Waals surface area contributed by atoms with Gasteiger partial charge in [-0.05, 0) is 71.4 Å². The molecule has 0 spiro atoms. The van der Waals surface area contributed by atoms with Gasteiger partial charge in [0, 0.05) is 12.0 Å². The van der Waals surface area contributed by atoms with E-state index in [1.165, 1.54) is 11.8 Å². The van der Waals surface area contributed by atoms with Crippen molar-refractivity contribution in [3.8, 4) is 17.2 Å². The monoisotopic (exact) mass is 485 g/mol. The topological polar surface area (TPSA) is 83.7 Å². The van der Waals surface area contributed by atoms with E-state index < -0.39 is 0 Å². The average molecular weight is 486 g/mol. The van der Waals surface area contributed by atoms with Crippen LogP contribution in [0, 0.1) is 0 Å². The third-order valence-corrected chi connectivity index (χ3v) is 6.84. The smallest absolute Gasteiger partial charge is 0.286 e. The van der Waals surface area contributed by atoms with E-state index in [-0.39, 0.29) is 17.7 Å². The van der Waals surface area contributed by atoms with Gasteiger partial charge in [0.1, 0.15) is 17.2 Å². The minimum Gasteiger partial charge on any atom is -0.507 e. The lowest BCUT2D eigenvalue weighted by molar-refractivity contribution is -0.113. The number of aliphatic imine (C=N–C) groups is 1. The number of hydrogen-bond acceptors (Lipinski definition) is 7. The molecule has 2 aliphatic rings. The highest BCUT2D eigenvalue weighted by atomic mass is 32.2. The predicted molar refractivity (Wildman–Crippen MR) is 138 cm³/mol. The number of carbonyl (C=O) groups is 1. The number of benzene rings is 3. The molecular weight excluding hydrogens is 462 g/mol. The molecular formula is C27H23N3O4S. The van der Waals surface area contributed by atoms with E-state index >= 15 is 0 Å². The number of thioether (sulfide) groups is 1. The molecule has 7 nitrogen and oxygen atoms in total. The Morgan fingerprint density at radius 1 is 0.971 bits per heavy atom. The lowest BCUT2D eigenvalue weighted by Crippen LogP contribution is -2.23. The number of nitrogens with zero attached hydrogens (tertiary/aromatic N) is 3. The summed E-state index contributed by atoms with van der Waals surface area (Å²) in [6, 6.07) is 22.3. The Morgan fingerprint density at radius 2 is 1.63 bits per heavy atom. The summed E-state index contributed by atoms with van der Waals surface area (Å²) < 4.78 is 10.6. The van der Waals surface area contributed by atoms with Gasteiger partial charge in [0.05, 0.1) is 30.9 Å². The number of amides is 1. The summed E-state index contributed by atoms with van der Waals surface area (Å²) in [6.07, 6.45) is 2.30. The molecule has 0 saturated carbocycles. The third-order valence-electron chi connectivity index (χ3n) is 5.86. The lowest BCUT2D eigenvalue weighted by Gasteiger charge is -2.22. The first-order chi connectivity index (χ1) is 17.1. The Morgan fingerprint density at radius 3 is 2.29 bits per heavy atom. The largest absolute Gasteiger partial charge is 0.507 e. The summed E-state index contributed by atoms with van der Waals surface area (Å²) in [7, 11) is 3.27. The molecule has 1 amide bonds. The third kappa shape index (κ3) is 4.65. The number of hydrogen-bond donors (Lipinski definition) is 1. The molecule has 0 aliphatic carbocycles. The molecule has 3 aromatic carbocycles.